The molecule has 0 spiro atoms. The minimum Gasteiger partial charge on any atom is -0.541 e. The van der Waals surface area contributed by atoms with Crippen molar-refractivity contribution in [3.05, 3.63) is 41.4 Å². The lowest BCUT2D eigenvalue weighted by atomic mass is 9.80. The molecule has 5 heteroatoms. The summed E-state index contributed by atoms with van der Waals surface area (Å²) in [7, 11) is -0.325. The number of rotatable bonds is 11. The number of hydrogen-bond donors (Lipinski definition) is 0. The number of furan rings is 1. The van der Waals surface area contributed by atoms with Crippen LogP contribution in [0, 0.1) is 5.92 Å². The Hall–Kier alpha value is -1.59. The average Bonchev–Trinajstić information content (AvgIpc) is 3.14. The molecule has 0 N–H and O–H groups in total. The van der Waals surface area contributed by atoms with E-state index in [1.165, 1.54) is 5.57 Å². The Labute approximate surface area is 196 Å². The van der Waals surface area contributed by atoms with E-state index in [2.05, 4.69) is 47.6 Å². The number of carbonyl (C=O) groups excluding carboxylic acids is 1. The highest BCUT2D eigenvalue weighted by Crippen LogP contribution is 2.45. The molecule has 4 nitrogen and oxygen atoms in total. The molecule has 0 aromatic carbocycles. The topological polar surface area (TPSA) is 48.7 Å². The van der Waals surface area contributed by atoms with E-state index < -0.39 is 8.32 Å². The van der Waals surface area contributed by atoms with Gasteiger partial charge in [-0.05, 0) is 55.8 Å². The lowest BCUT2D eigenvalue weighted by Gasteiger charge is -2.41. The minimum absolute atomic E-state index is 0.143. The van der Waals surface area contributed by atoms with Crippen LogP contribution in [0.3, 0.4) is 0 Å². The lowest BCUT2D eigenvalue weighted by molar-refractivity contribution is -0.114. The molecular weight excluding hydrogens is 416 g/mol. The van der Waals surface area contributed by atoms with Gasteiger partial charge in [0.2, 0.25) is 0 Å². The van der Waals surface area contributed by atoms with E-state index in [1.807, 2.05) is 19.9 Å². The fourth-order valence-corrected chi connectivity index (χ4v) is 10.9. The van der Waals surface area contributed by atoms with Crippen molar-refractivity contribution in [3.63, 3.8) is 0 Å². The summed E-state index contributed by atoms with van der Waals surface area (Å²) >= 11 is 0. The Morgan fingerprint density at radius 1 is 1.16 bits per heavy atom. The van der Waals surface area contributed by atoms with Gasteiger partial charge in [0.05, 0.1) is 0 Å². The van der Waals surface area contributed by atoms with Crippen LogP contribution in [0.15, 0.2) is 40.0 Å². The number of allylic oxidation sites excluding steroid dienone is 3. The predicted molar refractivity (Wildman–Crippen MR) is 135 cm³/mol. The maximum Gasteiger partial charge on any atom is 0.258 e. The van der Waals surface area contributed by atoms with Crippen LogP contribution in [-0.2, 0) is 9.53 Å². The maximum atomic E-state index is 12.5. The van der Waals surface area contributed by atoms with Crippen LogP contribution < -0.4 is 4.43 Å². The molecule has 0 amide bonds. The first-order valence-electron chi connectivity index (χ1n) is 12.2. The van der Waals surface area contributed by atoms with Crippen LogP contribution in [0.5, 0.6) is 5.75 Å². The molecule has 0 fully saturated rings. The van der Waals surface area contributed by atoms with Crippen molar-refractivity contribution in [1.82, 2.24) is 0 Å². The molecule has 1 aromatic rings. The first-order chi connectivity index (χ1) is 15.0. The van der Waals surface area contributed by atoms with Crippen molar-refractivity contribution in [2.75, 3.05) is 7.11 Å². The van der Waals surface area contributed by atoms with E-state index in [-0.39, 0.29) is 17.8 Å². The van der Waals surface area contributed by atoms with Crippen LogP contribution >= 0.6 is 0 Å². The van der Waals surface area contributed by atoms with Gasteiger partial charge in [-0.25, -0.2) is 0 Å². The van der Waals surface area contributed by atoms with Crippen molar-refractivity contribution in [2.24, 2.45) is 5.92 Å². The van der Waals surface area contributed by atoms with Gasteiger partial charge in [-0.1, -0.05) is 58.8 Å². The third-order valence-corrected chi connectivity index (χ3v) is 12.9. The molecule has 180 valence electrons. The number of carbonyl (C=O) groups is 1. The second-order valence-corrected chi connectivity index (χ2v) is 15.8. The summed E-state index contributed by atoms with van der Waals surface area (Å²) in [4.78, 5) is 12.5. The van der Waals surface area contributed by atoms with Crippen LogP contribution in [0.2, 0.25) is 16.6 Å². The summed E-state index contributed by atoms with van der Waals surface area (Å²) in [5.74, 6) is 1.90. The Kier molecular flexibility index (Phi) is 9.59. The van der Waals surface area contributed by atoms with Gasteiger partial charge in [-0.15, -0.1) is 0 Å². The zero-order valence-electron chi connectivity index (χ0n) is 21.7. The number of hydrogen-bond acceptors (Lipinski definition) is 4. The lowest BCUT2D eigenvalue weighted by Crippen LogP contribution is -2.50. The van der Waals surface area contributed by atoms with Crippen molar-refractivity contribution in [2.45, 2.75) is 104 Å². The van der Waals surface area contributed by atoms with Gasteiger partial charge in [0.25, 0.3) is 8.32 Å². The fourth-order valence-electron chi connectivity index (χ4n) is 5.66. The van der Waals surface area contributed by atoms with E-state index >= 15 is 0 Å². The Morgan fingerprint density at radius 2 is 1.78 bits per heavy atom. The number of ketones is 1. The van der Waals surface area contributed by atoms with Gasteiger partial charge in [-0.3, -0.25) is 4.79 Å². The van der Waals surface area contributed by atoms with E-state index in [0.717, 1.165) is 36.3 Å². The molecule has 1 aliphatic rings. The monoisotopic (exact) mass is 460 g/mol. The Bertz CT molecular complexity index is 790. The predicted octanol–water partition coefficient (Wildman–Crippen LogP) is 8.17. The molecule has 0 bridgehead atoms. The first kappa shape index (κ1) is 26.7. The number of methoxy groups -OCH3 is 1. The summed E-state index contributed by atoms with van der Waals surface area (Å²) < 4.78 is 18.8. The normalized spacial score (nSPS) is 18.1. The largest absolute Gasteiger partial charge is 0.541 e. The molecule has 2 atom stereocenters. The average molecular weight is 461 g/mol. The van der Waals surface area contributed by atoms with Crippen LogP contribution in [-0.4, -0.2) is 21.2 Å². The van der Waals surface area contributed by atoms with Gasteiger partial charge in [-0.2, -0.15) is 0 Å². The molecule has 1 aromatic heterocycles. The first-order valence-corrected chi connectivity index (χ1v) is 14.3. The summed E-state index contributed by atoms with van der Waals surface area (Å²) in [6.07, 6.45) is 9.05. The second kappa shape index (κ2) is 11.5. The van der Waals surface area contributed by atoms with E-state index in [4.69, 9.17) is 13.6 Å². The van der Waals surface area contributed by atoms with Crippen molar-refractivity contribution in [1.29, 1.82) is 0 Å². The third kappa shape index (κ3) is 6.05. The summed E-state index contributed by atoms with van der Waals surface area (Å²) in [6.45, 7) is 17.6. The highest BCUT2D eigenvalue weighted by Gasteiger charge is 2.47. The van der Waals surface area contributed by atoms with Gasteiger partial charge in [0.15, 0.2) is 5.78 Å². The zero-order valence-corrected chi connectivity index (χ0v) is 22.7. The molecule has 1 aliphatic carbocycles. The van der Waals surface area contributed by atoms with E-state index in [9.17, 15) is 4.79 Å². The summed E-state index contributed by atoms with van der Waals surface area (Å²) in [6, 6.07) is 2.02. The summed E-state index contributed by atoms with van der Waals surface area (Å²) in [5.41, 5.74) is 3.68. The van der Waals surface area contributed by atoms with Gasteiger partial charge < -0.3 is 13.6 Å². The molecule has 2 unspecified atom stereocenters. The van der Waals surface area contributed by atoms with Gasteiger partial charge >= 0.3 is 0 Å². The highest BCUT2D eigenvalue weighted by atomic mass is 28.4. The van der Waals surface area contributed by atoms with Crippen molar-refractivity contribution >= 4 is 14.1 Å². The third-order valence-electron chi connectivity index (χ3n) is 6.93. The quantitative estimate of drug-likeness (QED) is 0.190. The van der Waals surface area contributed by atoms with Crippen LogP contribution in [0.1, 0.15) is 92.9 Å². The standard InChI is InChI=1S/C27H44O4Si/c1-18(2)14-23(28)15-22-12-10-11-13-25(22)27(29-9)26-16-24(17-30-26)31-32(19(3)4,20(5)6)21(7)8/h12,14,16-17,19-21,25,27H,10-11,13,15H2,1-9H3. The Morgan fingerprint density at radius 3 is 2.31 bits per heavy atom. The molecule has 0 aliphatic heterocycles. The maximum absolute atomic E-state index is 12.5. The minimum atomic E-state index is -2.05. The highest BCUT2D eigenvalue weighted by molar-refractivity contribution is 6.78. The Balaban J connectivity index is 2.29. The molecule has 0 radical (unpaired) electrons. The smallest absolute Gasteiger partial charge is 0.258 e. The van der Waals surface area contributed by atoms with Crippen LogP contribution in [0.4, 0.5) is 0 Å². The molecule has 1 heterocycles. The van der Waals surface area contributed by atoms with E-state index in [0.29, 0.717) is 23.0 Å². The molecule has 0 saturated heterocycles. The second-order valence-electron chi connectivity index (χ2n) is 10.4. The van der Waals surface area contributed by atoms with Crippen molar-refractivity contribution in [3.8, 4) is 5.75 Å². The van der Waals surface area contributed by atoms with Gasteiger partial charge in [0, 0.05) is 25.5 Å². The van der Waals surface area contributed by atoms with Crippen LogP contribution in [0.25, 0.3) is 0 Å². The molecule has 2 rings (SSSR count). The summed E-state index contributed by atoms with van der Waals surface area (Å²) in [5, 5.41) is 0. The SMILES string of the molecule is COC(c1cc(O[Si](C(C)C)(C(C)C)C(C)C)co1)C1CCCC=C1CC(=O)C=C(C)C. The molecule has 32 heavy (non-hydrogen) atoms. The molecule has 0 saturated carbocycles. The van der Waals surface area contributed by atoms with E-state index in [1.54, 1.807) is 19.4 Å². The fraction of sp³-hybridized carbons (Fsp3) is 0.667. The van der Waals surface area contributed by atoms with Gasteiger partial charge in [0.1, 0.15) is 23.9 Å². The number of ether oxygens (including phenoxy) is 1. The molecular formula is C27H44O4Si. The van der Waals surface area contributed by atoms with Crippen molar-refractivity contribution < 1.29 is 18.4 Å². The zero-order chi connectivity index (χ0) is 24.1.